The summed E-state index contributed by atoms with van der Waals surface area (Å²) in [6, 6.07) is 108. The summed E-state index contributed by atoms with van der Waals surface area (Å²) < 4.78 is 68.2. The van der Waals surface area contributed by atoms with Crippen LogP contribution in [0.5, 0.6) is 5.75 Å². The molecule has 0 saturated heterocycles. The van der Waals surface area contributed by atoms with Gasteiger partial charge in [-0.1, -0.05) is 267 Å². The molecule has 1 heterocycles. The second kappa shape index (κ2) is 24.9. The smallest absolute Gasteiger partial charge is 0.423 e. The standard InChI is InChI=1S/C42H26S.C31H19F3O3S.C13H11BO2/c1-2-16-35-33(14-1)34-15-3-4-17-36(34)40-26-30(22-23-37(35)40)28-11-7-10-27(24-28)29-12-8-13-31(25-29)32-19-9-20-39-38-18-5-6-21-41(38)43-42(32)39;32-31(33,34)38(35,36)37-24-10-6-9-22(18-24)20-7-5-8-21(17-20)23-15-16-29-27-13-2-1-11-25(27)26-12-3-4-14-28(26)30(29)19-23;15-14(16)13-7-3-6-11-10-5-2-1-4-9(10)8-12(11)13/h1-26H;1-19H;1-7,15-16H,8H2. The summed E-state index contributed by atoms with van der Waals surface area (Å²) in [4.78, 5) is 0. The Labute approximate surface area is 562 Å². The molecule has 16 aromatic carbocycles. The molecule has 0 radical (unpaired) electrons. The molecule has 97 heavy (non-hydrogen) atoms. The number of hydrogen-bond donors (Lipinski definition) is 2. The third-order valence-electron chi connectivity index (χ3n) is 18.6. The molecule has 0 saturated carbocycles. The Balaban J connectivity index is 0.000000125. The second-order valence-corrected chi connectivity index (χ2v) is 26.9. The van der Waals surface area contributed by atoms with E-state index < -0.39 is 28.5 Å². The fraction of sp³-hybridized carbons (Fsp3) is 0.0233. The van der Waals surface area contributed by atoms with Gasteiger partial charge in [0, 0.05) is 20.2 Å². The third kappa shape index (κ3) is 11.3. The number of rotatable bonds is 8. The number of benzene rings is 16. The molecule has 0 spiro atoms. The fourth-order valence-corrected chi connectivity index (χ4v) is 15.8. The summed E-state index contributed by atoms with van der Waals surface area (Å²) in [6.45, 7) is 0. The van der Waals surface area contributed by atoms with Crippen LogP contribution in [0.1, 0.15) is 11.1 Å². The monoisotopic (exact) mass is 1300 g/mol. The lowest BCUT2D eigenvalue weighted by Gasteiger charge is -2.13. The summed E-state index contributed by atoms with van der Waals surface area (Å²) in [5.74, 6) is -0.408. The molecule has 11 heteroatoms. The van der Waals surface area contributed by atoms with Gasteiger partial charge in [0.25, 0.3) is 0 Å². The minimum atomic E-state index is -5.76. The topological polar surface area (TPSA) is 83.8 Å². The Bertz CT molecular complexity index is 6030. The summed E-state index contributed by atoms with van der Waals surface area (Å²) in [5, 5.41) is 36.1. The van der Waals surface area contributed by atoms with Gasteiger partial charge in [-0.2, -0.15) is 21.6 Å². The number of alkyl halides is 3. The third-order valence-corrected chi connectivity index (χ3v) is 20.8. The molecule has 1 aliphatic carbocycles. The van der Waals surface area contributed by atoms with Crippen molar-refractivity contribution >= 4 is 119 Å². The van der Waals surface area contributed by atoms with E-state index in [0.717, 1.165) is 44.8 Å². The summed E-state index contributed by atoms with van der Waals surface area (Å²) in [5.41, 5.74) is 10.3. The van der Waals surface area contributed by atoms with E-state index in [4.69, 9.17) is 0 Å². The van der Waals surface area contributed by atoms with Gasteiger partial charge in [0.05, 0.1) is 0 Å². The van der Waals surface area contributed by atoms with Crippen LogP contribution in [-0.2, 0) is 16.5 Å². The van der Waals surface area contributed by atoms with Gasteiger partial charge in [0.15, 0.2) is 0 Å². The van der Waals surface area contributed by atoms with Gasteiger partial charge < -0.3 is 14.2 Å². The zero-order valence-electron chi connectivity index (χ0n) is 51.9. The molecule has 0 unspecified atom stereocenters. The summed E-state index contributed by atoms with van der Waals surface area (Å²) in [6.07, 6.45) is 0.791. The minimum absolute atomic E-state index is 0.408. The lowest BCUT2D eigenvalue weighted by molar-refractivity contribution is -0.0500. The summed E-state index contributed by atoms with van der Waals surface area (Å²) in [7, 11) is -7.14. The van der Waals surface area contributed by atoms with Gasteiger partial charge in [-0.3, -0.25) is 0 Å². The predicted octanol–water partition coefficient (Wildman–Crippen LogP) is 22.2. The Morgan fingerprint density at radius 3 is 1.20 bits per heavy atom. The number of hydrogen-bond acceptors (Lipinski definition) is 6. The minimum Gasteiger partial charge on any atom is -0.423 e. The van der Waals surface area contributed by atoms with E-state index in [-0.39, 0.29) is 0 Å². The number of fused-ring (bicyclic) bond motifs is 18. The highest BCUT2D eigenvalue weighted by Crippen LogP contribution is 2.44. The molecular weight excluding hydrogens is 1240 g/mol. The van der Waals surface area contributed by atoms with Gasteiger partial charge in [0.2, 0.25) is 0 Å². The van der Waals surface area contributed by atoms with Crippen LogP contribution in [0.2, 0.25) is 0 Å². The molecule has 18 rings (SSSR count). The van der Waals surface area contributed by atoms with E-state index in [0.29, 0.717) is 16.6 Å². The fourth-order valence-electron chi connectivity index (χ4n) is 14.1. The van der Waals surface area contributed by atoms with Crippen molar-refractivity contribution in [2.24, 2.45) is 0 Å². The zero-order valence-corrected chi connectivity index (χ0v) is 53.5. The van der Waals surface area contributed by atoms with Gasteiger partial charge >= 0.3 is 22.7 Å². The molecular formula is C86H56BF3O5S2. The number of thiophene rings is 1. The molecule has 5 nitrogen and oxygen atoms in total. The SMILES string of the molecule is O=S(=O)(Oc1cccc(-c2cccc(-c3ccc4c5ccccc5c5ccccc5c4c3)c2)c1)C(F)(F)F.OB(O)c1cccc2c1Cc1ccccc1-2.c1cc(-c2cccc(-c3cccc4c3sc3ccccc34)c2)cc(-c2ccc3c4ccccc4c4ccccc4c3c2)c1. The Morgan fingerprint density at radius 2 is 0.691 bits per heavy atom. The van der Waals surface area contributed by atoms with Crippen LogP contribution < -0.4 is 9.65 Å². The Morgan fingerprint density at radius 1 is 0.330 bits per heavy atom. The molecule has 466 valence electrons. The van der Waals surface area contributed by atoms with Crippen LogP contribution in [0.15, 0.2) is 315 Å². The number of halogens is 3. The molecule has 0 atom stereocenters. The maximum atomic E-state index is 12.8. The second-order valence-electron chi connectivity index (χ2n) is 24.3. The van der Waals surface area contributed by atoms with Crippen molar-refractivity contribution in [3.8, 4) is 72.5 Å². The van der Waals surface area contributed by atoms with E-state index in [2.05, 4.69) is 217 Å². The first-order valence-electron chi connectivity index (χ1n) is 31.9. The lowest BCUT2D eigenvalue weighted by atomic mass is 9.76. The van der Waals surface area contributed by atoms with Crippen molar-refractivity contribution in [2.75, 3.05) is 0 Å². The normalized spacial score (nSPS) is 12.0. The maximum Gasteiger partial charge on any atom is 0.534 e. The van der Waals surface area contributed by atoms with E-state index >= 15 is 0 Å². The van der Waals surface area contributed by atoms with Crippen LogP contribution >= 0.6 is 11.3 Å². The molecule has 0 amide bonds. The average Bonchev–Trinajstić information content (AvgIpc) is 1.76. The Hall–Kier alpha value is -11.2. The quantitative estimate of drug-likeness (QED) is 0.0685. The molecule has 2 N–H and O–H groups in total. The van der Waals surface area contributed by atoms with Crippen molar-refractivity contribution in [3.63, 3.8) is 0 Å². The van der Waals surface area contributed by atoms with Crippen LogP contribution in [-0.4, -0.2) is 31.1 Å². The van der Waals surface area contributed by atoms with Crippen LogP contribution in [0.4, 0.5) is 13.2 Å². The molecule has 0 fully saturated rings. The maximum absolute atomic E-state index is 12.8. The molecule has 0 bridgehead atoms. The Kier molecular flexibility index (Phi) is 15.6. The van der Waals surface area contributed by atoms with Gasteiger partial charge in [-0.15, -0.1) is 11.3 Å². The first-order valence-corrected chi connectivity index (χ1v) is 34.1. The van der Waals surface area contributed by atoms with Crippen molar-refractivity contribution < 1.29 is 35.8 Å². The average molecular weight is 1300 g/mol. The summed E-state index contributed by atoms with van der Waals surface area (Å²) >= 11 is 1.89. The largest absolute Gasteiger partial charge is 0.534 e. The van der Waals surface area contributed by atoms with E-state index in [1.54, 1.807) is 12.1 Å². The van der Waals surface area contributed by atoms with Crippen LogP contribution in [0.3, 0.4) is 0 Å². The van der Waals surface area contributed by atoms with Gasteiger partial charge in [-0.25, -0.2) is 0 Å². The van der Waals surface area contributed by atoms with E-state index in [1.807, 2.05) is 84.1 Å². The first-order chi connectivity index (χ1) is 47.3. The highest BCUT2D eigenvalue weighted by Gasteiger charge is 2.48. The van der Waals surface area contributed by atoms with Crippen LogP contribution in [0, 0.1) is 0 Å². The highest BCUT2D eigenvalue weighted by atomic mass is 32.2. The molecule has 1 aliphatic rings. The van der Waals surface area contributed by atoms with Crippen LogP contribution in [0.25, 0.3) is 152 Å². The first kappa shape index (κ1) is 60.7. The molecule has 0 aliphatic heterocycles. The van der Waals surface area contributed by atoms with Crippen molar-refractivity contribution in [2.45, 2.75) is 11.9 Å². The highest BCUT2D eigenvalue weighted by molar-refractivity contribution is 7.88. The van der Waals surface area contributed by atoms with Gasteiger partial charge in [-0.05, 0) is 203 Å². The van der Waals surface area contributed by atoms with Gasteiger partial charge in [0.1, 0.15) is 5.75 Å². The van der Waals surface area contributed by atoms with E-state index in [1.165, 1.54) is 131 Å². The van der Waals surface area contributed by atoms with E-state index in [9.17, 15) is 31.6 Å². The zero-order chi connectivity index (χ0) is 65.9. The van der Waals surface area contributed by atoms with Crippen molar-refractivity contribution in [1.29, 1.82) is 0 Å². The molecule has 1 aromatic heterocycles. The van der Waals surface area contributed by atoms with Crippen molar-refractivity contribution in [1.82, 2.24) is 0 Å². The lowest BCUT2D eigenvalue weighted by Crippen LogP contribution is -2.32. The van der Waals surface area contributed by atoms with Crippen molar-refractivity contribution in [3.05, 3.63) is 327 Å². The predicted molar refractivity (Wildman–Crippen MR) is 398 cm³/mol. The molecule has 17 aromatic rings.